The summed E-state index contributed by atoms with van der Waals surface area (Å²) in [5.41, 5.74) is 0.303. The fraction of sp³-hybridized carbons (Fsp3) is 0.857. The van der Waals surface area contributed by atoms with Crippen LogP contribution in [-0.2, 0) is 4.79 Å². The van der Waals surface area contributed by atoms with Crippen LogP contribution in [0.5, 0.6) is 0 Å². The first kappa shape index (κ1) is 14.2. The zero-order valence-electron chi connectivity index (χ0n) is 11.7. The van der Waals surface area contributed by atoms with Crippen LogP contribution in [0.2, 0.25) is 0 Å². The van der Waals surface area contributed by atoms with Crippen molar-refractivity contribution in [2.24, 2.45) is 5.41 Å². The summed E-state index contributed by atoms with van der Waals surface area (Å²) in [4.78, 5) is 24.7. The quantitative estimate of drug-likeness (QED) is 0.803. The topological polar surface area (TPSA) is 69.6 Å². The highest BCUT2D eigenvalue weighted by Gasteiger charge is 2.36. The van der Waals surface area contributed by atoms with E-state index >= 15 is 0 Å². The number of hydrogen-bond acceptors (Lipinski definition) is 2. The molecule has 1 atom stereocenters. The van der Waals surface area contributed by atoms with Crippen LogP contribution in [-0.4, -0.2) is 41.1 Å². The fourth-order valence-electron chi connectivity index (χ4n) is 3.21. The van der Waals surface area contributed by atoms with Crippen molar-refractivity contribution in [1.82, 2.24) is 10.2 Å². The van der Waals surface area contributed by atoms with E-state index in [1.807, 2.05) is 0 Å². The van der Waals surface area contributed by atoms with Crippen LogP contribution >= 0.6 is 0 Å². The number of carboxylic acid groups (broad SMARTS) is 1. The Morgan fingerprint density at radius 1 is 1.37 bits per heavy atom. The first-order chi connectivity index (χ1) is 9.06. The molecule has 1 saturated heterocycles. The molecule has 0 bridgehead atoms. The average Bonchev–Trinajstić information content (AvgIpc) is 2.75. The van der Waals surface area contributed by atoms with Gasteiger partial charge in [-0.3, -0.25) is 4.79 Å². The molecule has 0 aromatic rings. The molecule has 2 amide bonds. The molecule has 0 radical (unpaired) electrons. The molecule has 0 aromatic heterocycles. The van der Waals surface area contributed by atoms with E-state index in [1.165, 1.54) is 19.3 Å². The van der Waals surface area contributed by atoms with Crippen LogP contribution in [0.25, 0.3) is 0 Å². The number of carbonyl (C=O) groups excluding carboxylic acids is 1. The summed E-state index contributed by atoms with van der Waals surface area (Å²) >= 11 is 0. The van der Waals surface area contributed by atoms with Crippen molar-refractivity contribution in [2.45, 2.75) is 57.9 Å². The Balaban J connectivity index is 1.83. The third-order valence-electron chi connectivity index (χ3n) is 4.83. The number of nitrogens with zero attached hydrogens (tertiary/aromatic N) is 1. The molecule has 2 fully saturated rings. The minimum Gasteiger partial charge on any atom is -0.481 e. The van der Waals surface area contributed by atoms with Crippen LogP contribution in [0.15, 0.2) is 0 Å². The number of carbonyl (C=O) groups is 2. The van der Waals surface area contributed by atoms with Gasteiger partial charge in [0.05, 0.1) is 6.42 Å². The maximum atomic E-state index is 12.2. The second-order valence-corrected chi connectivity index (χ2v) is 5.95. The van der Waals surface area contributed by atoms with Gasteiger partial charge in [-0.1, -0.05) is 13.3 Å². The van der Waals surface area contributed by atoms with Gasteiger partial charge >= 0.3 is 12.0 Å². The first-order valence-electron chi connectivity index (χ1n) is 7.32. The number of rotatable bonds is 5. The number of amides is 2. The lowest BCUT2D eigenvalue weighted by atomic mass is 9.67. The lowest BCUT2D eigenvalue weighted by Crippen LogP contribution is -2.48. The summed E-state index contributed by atoms with van der Waals surface area (Å²) < 4.78 is 0. The van der Waals surface area contributed by atoms with Crippen molar-refractivity contribution >= 4 is 12.0 Å². The van der Waals surface area contributed by atoms with Crippen LogP contribution in [0.4, 0.5) is 4.79 Å². The fourth-order valence-corrected chi connectivity index (χ4v) is 3.21. The van der Waals surface area contributed by atoms with Gasteiger partial charge in [0.2, 0.25) is 0 Å². The SMILES string of the molecule is CCC1(CNC(=O)N2CCCC2CC(=O)O)CCC1. The summed E-state index contributed by atoms with van der Waals surface area (Å²) in [6.45, 7) is 3.59. The first-order valence-corrected chi connectivity index (χ1v) is 7.32. The largest absolute Gasteiger partial charge is 0.481 e. The second kappa shape index (κ2) is 5.80. The van der Waals surface area contributed by atoms with Gasteiger partial charge in [0.25, 0.3) is 0 Å². The third kappa shape index (κ3) is 3.19. The molecule has 2 rings (SSSR count). The monoisotopic (exact) mass is 268 g/mol. The van der Waals surface area contributed by atoms with Gasteiger partial charge in [-0.05, 0) is 37.5 Å². The highest BCUT2D eigenvalue weighted by atomic mass is 16.4. The Morgan fingerprint density at radius 2 is 2.11 bits per heavy atom. The Bertz CT molecular complexity index is 347. The van der Waals surface area contributed by atoms with Crippen LogP contribution in [0.1, 0.15) is 51.9 Å². The molecule has 5 nitrogen and oxygen atoms in total. The number of hydrogen-bond donors (Lipinski definition) is 2. The van der Waals surface area contributed by atoms with Gasteiger partial charge in [0.15, 0.2) is 0 Å². The van der Waals surface area contributed by atoms with Gasteiger partial charge in [-0.25, -0.2) is 4.79 Å². The lowest BCUT2D eigenvalue weighted by molar-refractivity contribution is -0.137. The molecule has 2 aliphatic rings. The molecule has 1 aliphatic heterocycles. The van der Waals surface area contributed by atoms with E-state index in [9.17, 15) is 9.59 Å². The smallest absolute Gasteiger partial charge is 0.317 e. The van der Waals surface area contributed by atoms with E-state index in [-0.39, 0.29) is 18.5 Å². The van der Waals surface area contributed by atoms with E-state index in [4.69, 9.17) is 5.11 Å². The predicted molar refractivity (Wildman–Crippen MR) is 72.0 cm³/mol. The Kier molecular flexibility index (Phi) is 4.32. The van der Waals surface area contributed by atoms with Crippen LogP contribution in [0.3, 0.4) is 0 Å². The molecule has 1 saturated carbocycles. The van der Waals surface area contributed by atoms with E-state index in [0.717, 1.165) is 25.8 Å². The van der Waals surface area contributed by atoms with Gasteiger partial charge in [0.1, 0.15) is 0 Å². The highest BCUT2D eigenvalue weighted by molar-refractivity contribution is 5.76. The lowest BCUT2D eigenvalue weighted by Gasteiger charge is -2.41. The maximum absolute atomic E-state index is 12.2. The van der Waals surface area contributed by atoms with Gasteiger partial charge < -0.3 is 15.3 Å². The van der Waals surface area contributed by atoms with Crippen molar-refractivity contribution in [2.75, 3.05) is 13.1 Å². The minimum atomic E-state index is -0.825. The average molecular weight is 268 g/mol. The molecule has 1 unspecified atom stereocenters. The molecule has 1 heterocycles. The zero-order valence-corrected chi connectivity index (χ0v) is 11.7. The summed E-state index contributed by atoms with van der Waals surface area (Å²) in [7, 11) is 0. The van der Waals surface area contributed by atoms with Gasteiger partial charge in [-0.2, -0.15) is 0 Å². The molecular weight excluding hydrogens is 244 g/mol. The number of urea groups is 1. The number of carboxylic acids is 1. The number of aliphatic carboxylic acids is 1. The standard InChI is InChI=1S/C14H24N2O3/c1-2-14(6-4-7-14)10-15-13(19)16-8-3-5-11(16)9-12(17)18/h11H,2-10H2,1H3,(H,15,19)(H,17,18). The molecule has 2 N–H and O–H groups in total. The number of likely N-dealkylation sites (tertiary alicyclic amines) is 1. The van der Waals surface area contributed by atoms with Gasteiger partial charge in [0, 0.05) is 19.1 Å². The maximum Gasteiger partial charge on any atom is 0.317 e. The highest BCUT2D eigenvalue weighted by Crippen LogP contribution is 2.43. The predicted octanol–water partition coefficient (Wildman–Crippen LogP) is 2.22. The van der Waals surface area contributed by atoms with Crippen molar-refractivity contribution < 1.29 is 14.7 Å². The van der Waals surface area contributed by atoms with Crippen molar-refractivity contribution in [3.05, 3.63) is 0 Å². The normalized spacial score (nSPS) is 24.9. The molecule has 5 heteroatoms. The molecule has 0 spiro atoms. The molecule has 19 heavy (non-hydrogen) atoms. The Hall–Kier alpha value is -1.26. The van der Waals surface area contributed by atoms with E-state index in [0.29, 0.717) is 12.0 Å². The van der Waals surface area contributed by atoms with Gasteiger partial charge in [-0.15, -0.1) is 0 Å². The summed E-state index contributed by atoms with van der Waals surface area (Å²) in [5.74, 6) is -0.825. The van der Waals surface area contributed by atoms with Crippen molar-refractivity contribution in [3.8, 4) is 0 Å². The van der Waals surface area contributed by atoms with Crippen LogP contribution in [0, 0.1) is 5.41 Å². The Morgan fingerprint density at radius 3 is 2.63 bits per heavy atom. The van der Waals surface area contributed by atoms with E-state index in [1.54, 1.807) is 4.90 Å². The van der Waals surface area contributed by atoms with Crippen LogP contribution < -0.4 is 5.32 Å². The van der Waals surface area contributed by atoms with Crippen molar-refractivity contribution in [3.63, 3.8) is 0 Å². The summed E-state index contributed by atoms with van der Waals surface area (Å²) in [6.07, 6.45) is 6.53. The molecule has 108 valence electrons. The molecular formula is C14H24N2O3. The zero-order chi connectivity index (χ0) is 13.9. The van der Waals surface area contributed by atoms with E-state index in [2.05, 4.69) is 12.2 Å². The number of nitrogens with one attached hydrogen (secondary N) is 1. The third-order valence-corrected chi connectivity index (χ3v) is 4.83. The van der Waals surface area contributed by atoms with Crippen molar-refractivity contribution in [1.29, 1.82) is 0 Å². The Labute approximate surface area is 114 Å². The summed E-state index contributed by atoms with van der Waals surface area (Å²) in [6, 6.07) is -0.208. The molecule has 0 aromatic carbocycles. The van der Waals surface area contributed by atoms with E-state index < -0.39 is 5.97 Å². The minimum absolute atomic E-state index is 0.0618. The second-order valence-electron chi connectivity index (χ2n) is 5.95. The summed E-state index contributed by atoms with van der Waals surface area (Å²) in [5, 5.41) is 11.9. The molecule has 1 aliphatic carbocycles.